The molecule has 4 atom stereocenters. The van der Waals surface area contributed by atoms with Crippen LogP contribution in [0.4, 0.5) is 0 Å². The van der Waals surface area contributed by atoms with E-state index in [-0.39, 0.29) is 23.5 Å². The minimum absolute atomic E-state index is 0.0343. The van der Waals surface area contributed by atoms with Gasteiger partial charge in [0.2, 0.25) is 0 Å². The van der Waals surface area contributed by atoms with Crippen LogP contribution in [0.1, 0.15) is 35.7 Å². The maximum atomic E-state index is 12.5. The van der Waals surface area contributed by atoms with Crippen LogP contribution in [0.2, 0.25) is 0 Å². The van der Waals surface area contributed by atoms with Gasteiger partial charge in [-0.1, -0.05) is 35.0 Å². The summed E-state index contributed by atoms with van der Waals surface area (Å²) in [7, 11) is 0. The van der Waals surface area contributed by atoms with E-state index in [2.05, 4.69) is 17.3 Å². The van der Waals surface area contributed by atoms with Crippen LogP contribution in [-0.2, 0) is 9.63 Å². The van der Waals surface area contributed by atoms with Crippen molar-refractivity contribution in [3.63, 3.8) is 0 Å². The molecule has 0 amide bonds. The van der Waals surface area contributed by atoms with Gasteiger partial charge in [0.25, 0.3) is 0 Å². The van der Waals surface area contributed by atoms with Crippen LogP contribution in [0, 0.1) is 30.6 Å². The summed E-state index contributed by atoms with van der Waals surface area (Å²) in [6, 6.07) is 7.21. The number of hydrogen-bond acceptors (Lipinski definition) is 4. The number of hydrogen-bond donors (Lipinski definition) is 0. The Morgan fingerprint density at radius 2 is 1.68 bits per heavy atom. The average molecular weight is 335 g/mol. The maximum absolute atomic E-state index is 12.5. The Labute approximate surface area is 147 Å². The molecule has 0 unspecified atom stereocenters. The summed E-state index contributed by atoms with van der Waals surface area (Å²) in [6.07, 6.45) is 8.16. The summed E-state index contributed by atoms with van der Waals surface area (Å²) in [5.41, 5.74) is 3.12. The SMILES string of the molecule is CC1=CC(=O)[C@@H]2[C@H](/C1=N/OC(=O)c1ccc(C)cc1)[C@H]1C=C[C@@H]2CC1. The molecule has 128 valence electrons. The van der Waals surface area contributed by atoms with Gasteiger partial charge in [-0.25, -0.2) is 4.79 Å². The van der Waals surface area contributed by atoms with Crippen LogP contribution in [-0.4, -0.2) is 17.5 Å². The molecule has 4 aliphatic rings. The predicted octanol–water partition coefficient (Wildman–Crippen LogP) is 3.87. The number of rotatable bonds is 2. The van der Waals surface area contributed by atoms with Crippen LogP contribution in [0.15, 0.2) is 53.2 Å². The summed E-state index contributed by atoms with van der Waals surface area (Å²) < 4.78 is 0. The fourth-order valence-corrected chi connectivity index (χ4v) is 4.37. The summed E-state index contributed by atoms with van der Waals surface area (Å²) in [5, 5.41) is 4.21. The molecule has 0 radical (unpaired) electrons. The van der Waals surface area contributed by atoms with Crippen molar-refractivity contribution in [1.29, 1.82) is 0 Å². The standard InChI is InChI=1S/C21H21NO3/c1-12-3-5-16(6-4-12)21(24)25-22-20-13(2)11-17(23)18-14-7-9-15(10-8-14)19(18)20/h3-7,9,11,14-15,18-19H,8,10H2,1-2H3/b22-20+/t14-,15+,18-,19-/m1/s1. The van der Waals surface area contributed by atoms with Crippen LogP contribution < -0.4 is 0 Å². The molecule has 0 heterocycles. The van der Waals surface area contributed by atoms with Gasteiger partial charge < -0.3 is 4.84 Å². The fourth-order valence-electron chi connectivity index (χ4n) is 4.37. The zero-order valence-corrected chi connectivity index (χ0v) is 14.4. The van der Waals surface area contributed by atoms with Gasteiger partial charge in [0.15, 0.2) is 5.78 Å². The molecule has 0 spiro atoms. The van der Waals surface area contributed by atoms with Gasteiger partial charge >= 0.3 is 5.97 Å². The predicted molar refractivity (Wildman–Crippen MR) is 95.1 cm³/mol. The number of oxime groups is 1. The Bertz CT molecular complexity index is 816. The van der Waals surface area contributed by atoms with Gasteiger partial charge in [-0.2, -0.15) is 0 Å². The molecule has 1 saturated carbocycles. The zero-order valence-electron chi connectivity index (χ0n) is 14.4. The van der Waals surface area contributed by atoms with E-state index in [0.29, 0.717) is 11.5 Å². The molecule has 25 heavy (non-hydrogen) atoms. The molecular weight excluding hydrogens is 314 g/mol. The zero-order chi connectivity index (χ0) is 17.6. The lowest BCUT2D eigenvalue weighted by atomic mass is 9.57. The first-order valence-corrected chi connectivity index (χ1v) is 8.81. The van der Waals surface area contributed by atoms with Crippen molar-refractivity contribution in [2.45, 2.75) is 26.7 Å². The molecule has 4 aliphatic carbocycles. The van der Waals surface area contributed by atoms with Gasteiger partial charge in [0.1, 0.15) is 0 Å². The van der Waals surface area contributed by atoms with Gasteiger partial charge in [0.05, 0.1) is 11.3 Å². The van der Waals surface area contributed by atoms with Gasteiger partial charge in [-0.3, -0.25) is 4.79 Å². The third-order valence-electron chi connectivity index (χ3n) is 5.67. The normalized spacial score (nSPS) is 31.7. The molecule has 0 aromatic heterocycles. The quantitative estimate of drug-likeness (QED) is 0.468. The van der Waals surface area contributed by atoms with E-state index in [1.807, 2.05) is 26.0 Å². The van der Waals surface area contributed by atoms with Crippen molar-refractivity contribution in [2.24, 2.45) is 28.8 Å². The molecule has 0 saturated heterocycles. The molecule has 0 N–H and O–H groups in total. The molecule has 4 nitrogen and oxygen atoms in total. The Morgan fingerprint density at radius 1 is 1.04 bits per heavy atom. The lowest BCUT2D eigenvalue weighted by molar-refractivity contribution is -0.122. The third kappa shape index (κ3) is 2.76. The molecule has 4 heteroatoms. The van der Waals surface area contributed by atoms with Gasteiger partial charge in [0, 0.05) is 11.8 Å². The van der Waals surface area contributed by atoms with Gasteiger partial charge in [-0.05, 0) is 62.3 Å². The second kappa shape index (κ2) is 6.10. The van der Waals surface area contributed by atoms with Gasteiger partial charge in [-0.15, -0.1) is 0 Å². The number of ketones is 1. The number of benzene rings is 1. The third-order valence-corrected chi connectivity index (χ3v) is 5.67. The van der Waals surface area contributed by atoms with Crippen LogP contribution in [0.25, 0.3) is 0 Å². The second-order valence-electron chi connectivity index (χ2n) is 7.29. The molecule has 5 rings (SSSR count). The minimum Gasteiger partial charge on any atom is -0.313 e. The van der Waals surface area contributed by atoms with Crippen molar-refractivity contribution in [3.05, 3.63) is 59.2 Å². The van der Waals surface area contributed by atoms with E-state index in [9.17, 15) is 9.59 Å². The van der Waals surface area contributed by atoms with E-state index in [1.165, 1.54) is 0 Å². The average Bonchev–Trinajstić information content (AvgIpc) is 2.62. The smallest absolute Gasteiger partial charge is 0.313 e. The highest BCUT2D eigenvalue weighted by Gasteiger charge is 2.48. The monoisotopic (exact) mass is 335 g/mol. The summed E-state index contributed by atoms with van der Waals surface area (Å²) in [4.78, 5) is 30.0. The van der Waals surface area contributed by atoms with Crippen molar-refractivity contribution in [3.8, 4) is 0 Å². The van der Waals surface area contributed by atoms with E-state index in [1.54, 1.807) is 18.2 Å². The van der Waals surface area contributed by atoms with E-state index < -0.39 is 5.97 Å². The maximum Gasteiger partial charge on any atom is 0.365 e. The Morgan fingerprint density at radius 3 is 2.32 bits per heavy atom. The Balaban J connectivity index is 1.62. The second-order valence-corrected chi connectivity index (χ2v) is 7.29. The topological polar surface area (TPSA) is 55.7 Å². The molecule has 2 bridgehead atoms. The highest BCUT2D eigenvalue weighted by Crippen LogP contribution is 2.48. The number of allylic oxidation sites excluding steroid dienone is 4. The fraction of sp³-hybridized carbons (Fsp3) is 0.381. The number of nitrogens with zero attached hydrogens (tertiary/aromatic N) is 1. The molecule has 1 aromatic carbocycles. The highest BCUT2D eigenvalue weighted by molar-refractivity contribution is 6.13. The minimum atomic E-state index is -0.467. The molecule has 1 fully saturated rings. The molecular formula is C21H21NO3. The molecule has 0 aliphatic heterocycles. The first-order valence-electron chi connectivity index (χ1n) is 8.81. The molecule has 1 aromatic rings. The van der Waals surface area contributed by atoms with Crippen molar-refractivity contribution in [1.82, 2.24) is 0 Å². The summed E-state index contributed by atoms with van der Waals surface area (Å²) in [5.74, 6) is 0.288. The summed E-state index contributed by atoms with van der Waals surface area (Å²) >= 11 is 0. The van der Waals surface area contributed by atoms with Crippen molar-refractivity contribution in [2.75, 3.05) is 0 Å². The Hall–Kier alpha value is -2.49. The lowest BCUT2D eigenvalue weighted by Crippen LogP contribution is -2.47. The summed E-state index contributed by atoms with van der Waals surface area (Å²) in [6.45, 7) is 3.84. The van der Waals surface area contributed by atoms with E-state index >= 15 is 0 Å². The number of carbonyl (C=O) groups excluding carboxylic acids is 2. The van der Waals surface area contributed by atoms with Crippen LogP contribution in [0.3, 0.4) is 0 Å². The van der Waals surface area contributed by atoms with E-state index in [0.717, 1.165) is 29.7 Å². The first kappa shape index (κ1) is 16.0. The number of carbonyl (C=O) groups is 2. The number of fused-ring (bicyclic) bond motifs is 1. The number of aryl methyl sites for hydroxylation is 1. The van der Waals surface area contributed by atoms with E-state index in [4.69, 9.17) is 4.84 Å². The van der Waals surface area contributed by atoms with Crippen LogP contribution in [0.5, 0.6) is 0 Å². The lowest BCUT2D eigenvalue weighted by Gasteiger charge is -2.46. The largest absolute Gasteiger partial charge is 0.365 e. The van der Waals surface area contributed by atoms with Crippen LogP contribution >= 0.6 is 0 Å². The van der Waals surface area contributed by atoms with Crippen molar-refractivity contribution < 1.29 is 14.4 Å². The van der Waals surface area contributed by atoms with Crippen molar-refractivity contribution >= 4 is 17.5 Å². The highest BCUT2D eigenvalue weighted by atomic mass is 16.7. The Kier molecular flexibility index (Phi) is 3.91. The first-order chi connectivity index (χ1) is 12.0.